The fourth-order valence-electron chi connectivity index (χ4n) is 2.92. The second-order valence-corrected chi connectivity index (χ2v) is 11.0. The van der Waals surface area contributed by atoms with Crippen molar-refractivity contribution in [1.82, 2.24) is 4.90 Å². The fourth-order valence-corrected chi connectivity index (χ4v) is 2.92. The number of carbonyl (C=O) groups excluding carboxylic acids is 2. The van der Waals surface area contributed by atoms with Crippen LogP contribution in [0.25, 0.3) is 0 Å². The number of rotatable bonds is 3. The Kier molecular flexibility index (Phi) is 7.08. The summed E-state index contributed by atoms with van der Waals surface area (Å²) in [5, 5.41) is 0. The van der Waals surface area contributed by atoms with Crippen molar-refractivity contribution >= 4 is 24.8 Å². The minimum atomic E-state index is -0.893. The summed E-state index contributed by atoms with van der Waals surface area (Å²) in [6, 6.07) is 4.08. The topological polar surface area (TPSA) is 74.3 Å². The van der Waals surface area contributed by atoms with Crippen molar-refractivity contribution in [2.75, 3.05) is 0 Å². The summed E-state index contributed by atoms with van der Waals surface area (Å²) >= 11 is 0. The quantitative estimate of drug-likeness (QED) is 0.615. The summed E-state index contributed by atoms with van der Waals surface area (Å²) in [6.45, 7) is 17.5. The minimum absolute atomic E-state index is 0.277. The van der Waals surface area contributed by atoms with Crippen LogP contribution in [0.4, 0.5) is 14.0 Å². The van der Waals surface area contributed by atoms with Crippen LogP contribution in [0, 0.1) is 5.82 Å². The summed E-state index contributed by atoms with van der Waals surface area (Å²) < 4.78 is 37.2. The van der Waals surface area contributed by atoms with Crippen LogP contribution >= 0.6 is 0 Å². The van der Waals surface area contributed by atoms with Crippen molar-refractivity contribution in [2.45, 2.75) is 98.2 Å². The van der Waals surface area contributed by atoms with Crippen LogP contribution < -0.4 is 5.46 Å². The molecule has 1 aromatic carbocycles. The van der Waals surface area contributed by atoms with Gasteiger partial charge in [0.2, 0.25) is 0 Å². The third-order valence-electron chi connectivity index (χ3n) is 5.17. The Hall–Kier alpha value is -2.13. The van der Waals surface area contributed by atoms with E-state index in [1.807, 2.05) is 27.7 Å². The number of benzene rings is 1. The van der Waals surface area contributed by atoms with Gasteiger partial charge < -0.3 is 18.8 Å². The number of carbonyl (C=O) groups is 2. The molecule has 1 aliphatic rings. The van der Waals surface area contributed by atoms with Crippen molar-refractivity contribution in [1.29, 1.82) is 0 Å². The summed E-state index contributed by atoms with van der Waals surface area (Å²) in [5.74, 6) is -0.520. The molecule has 1 saturated heterocycles. The van der Waals surface area contributed by atoms with Crippen molar-refractivity contribution in [3.05, 3.63) is 29.6 Å². The SMILES string of the molecule is CC(C)(C)OC(=O)N(Cc1cc(F)ccc1B1OC(C)(C)C(C)(C)O1)C(=O)OC(C)(C)C. The molecule has 0 spiro atoms. The van der Waals surface area contributed by atoms with Gasteiger partial charge in [-0.25, -0.2) is 18.9 Å². The summed E-state index contributed by atoms with van der Waals surface area (Å²) in [6.07, 6.45) is -1.79. The van der Waals surface area contributed by atoms with E-state index in [0.717, 1.165) is 4.90 Å². The molecule has 2 rings (SSSR count). The number of ether oxygens (including phenoxy) is 2. The largest absolute Gasteiger partial charge is 0.495 e. The molecule has 0 saturated carbocycles. The molecule has 9 heteroatoms. The maximum absolute atomic E-state index is 14.2. The Balaban J connectivity index is 2.43. The smallest absolute Gasteiger partial charge is 0.443 e. The number of amides is 2. The lowest BCUT2D eigenvalue weighted by atomic mass is 9.75. The first-order valence-electron chi connectivity index (χ1n) is 10.7. The Labute approximate surface area is 190 Å². The number of halogens is 1. The predicted octanol–water partition coefficient (Wildman–Crippen LogP) is 4.80. The Morgan fingerprint density at radius 2 is 1.38 bits per heavy atom. The van der Waals surface area contributed by atoms with Gasteiger partial charge in [-0.3, -0.25) is 0 Å². The van der Waals surface area contributed by atoms with Crippen molar-refractivity contribution in [3.8, 4) is 0 Å². The molecule has 0 bridgehead atoms. The highest BCUT2D eigenvalue weighted by atomic mass is 19.1. The van der Waals surface area contributed by atoms with E-state index in [2.05, 4.69) is 0 Å². The number of hydrogen-bond donors (Lipinski definition) is 0. The van der Waals surface area contributed by atoms with Gasteiger partial charge >= 0.3 is 19.3 Å². The molecule has 0 radical (unpaired) electrons. The molecule has 32 heavy (non-hydrogen) atoms. The molecule has 1 heterocycles. The van der Waals surface area contributed by atoms with Crippen molar-refractivity contribution < 1.29 is 32.8 Å². The van der Waals surface area contributed by atoms with Crippen LogP contribution in [0.1, 0.15) is 74.8 Å². The van der Waals surface area contributed by atoms with Gasteiger partial charge in [0.15, 0.2) is 0 Å². The van der Waals surface area contributed by atoms with E-state index in [1.165, 1.54) is 18.2 Å². The van der Waals surface area contributed by atoms with E-state index < -0.39 is 47.5 Å². The lowest BCUT2D eigenvalue weighted by molar-refractivity contribution is -0.000250. The molecule has 1 aromatic rings. The molecule has 0 aliphatic carbocycles. The molecule has 0 unspecified atom stereocenters. The average molecular weight is 451 g/mol. The van der Waals surface area contributed by atoms with Gasteiger partial charge in [-0.1, -0.05) is 6.07 Å². The first-order chi connectivity index (χ1) is 14.3. The highest BCUT2D eigenvalue weighted by Gasteiger charge is 2.52. The van der Waals surface area contributed by atoms with Gasteiger partial charge in [0.1, 0.15) is 17.0 Å². The second kappa shape index (κ2) is 8.67. The minimum Gasteiger partial charge on any atom is -0.443 e. The van der Waals surface area contributed by atoms with E-state index in [1.54, 1.807) is 41.5 Å². The Morgan fingerprint density at radius 1 is 0.938 bits per heavy atom. The van der Waals surface area contributed by atoms with Gasteiger partial charge in [0.25, 0.3) is 0 Å². The van der Waals surface area contributed by atoms with Crippen LogP contribution in [0.3, 0.4) is 0 Å². The zero-order chi connectivity index (χ0) is 24.7. The van der Waals surface area contributed by atoms with Crippen molar-refractivity contribution in [2.24, 2.45) is 0 Å². The molecular formula is C23H35BFNO6. The number of nitrogens with zero attached hydrogens (tertiary/aromatic N) is 1. The van der Waals surface area contributed by atoms with Crippen LogP contribution in [-0.4, -0.2) is 46.6 Å². The van der Waals surface area contributed by atoms with E-state index in [4.69, 9.17) is 18.8 Å². The zero-order valence-electron chi connectivity index (χ0n) is 20.8. The van der Waals surface area contributed by atoms with Crippen LogP contribution in [0.5, 0.6) is 0 Å². The average Bonchev–Trinajstić information content (AvgIpc) is 2.76. The van der Waals surface area contributed by atoms with E-state index in [9.17, 15) is 14.0 Å². The Bertz CT molecular complexity index is 828. The van der Waals surface area contributed by atoms with Gasteiger partial charge in [-0.15, -0.1) is 0 Å². The van der Waals surface area contributed by atoms with E-state index >= 15 is 0 Å². The normalized spacial score (nSPS) is 17.8. The van der Waals surface area contributed by atoms with Crippen LogP contribution in [0.2, 0.25) is 0 Å². The molecule has 1 fully saturated rings. The molecule has 7 nitrogen and oxygen atoms in total. The fraction of sp³-hybridized carbons (Fsp3) is 0.652. The molecule has 0 N–H and O–H groups in total. The first kappa shape index (κ1) is 26.1. The third kappa shape index (κ3) is 6.45. The lowest BCUT2D eigenvalue weighted by Gasteiger charge is -2.32. The van der Waals surface area contributed by atoms with Crippen LogP contribution in [0.15, 0.2) is 18.2 Å². The summed E-state index contributed by atoms with van der Waals surface area (Å²) in [5.41, 5.74) is -2.04. The monoisotopic (exact) mass is 451 g/mol. The van der Waals surface area contributed by atoms with Gasteiger partial charge in [-0.2, -0.15) is 0 Å². The van der Waals surface area contributed by atoms with Gasteiger partial charge in [-0.05, 0) is 92.4 Å². The standard InChI is InChI=1S/C23H35BFNO6/c1-20(2,3)29-18(27)26(19(28)30-21(4,5)6)14-15-13-16(25)11-12-17(15)24-31-22(7,8)23(9,10)32-24/h11-13H,14H2,1-10H3. The molecule has 0 aromatic heterocycles. The maximum Gasteiger partial charge on any atom is 0.495 e. The second-order valence-electron chi connectivity index (χ2n) is 11.0. The van der Waals surface area contributed by atoms with E-state index in [0.29, 0.717) is 11.0 Å². The number of imide groups is 1. The first-order valence-corrected chi connectivity index (χ1v) is 10.7. The predicted molar refractivity (Wildman–Crippen MR) is 120 cm³/mol. The highest BCUT2D eigenvalue weighted by molar-refractivity contribution is 6.62. The maximum atomic E-state index is 14.2. The summed E-state index contributed by atoms with van der Waals surface area (Å²) in [4.78, 5) is 26.5. The van der Waals surface area contributed by atoms with E-state index in [-0.39, 0.29) is 6.54 Å². The third-order valence-corrected chi connectivity index (χ3v) is 5.17. The molecular weight excluding hydrogens is 416 g/mol. The molecule has 178 valence electrons. The molecule has 1 aliphatic heterocycles. The Morgan fingerprint density at radius 3 is 1.78 bits per heavy atom. The summed E-state index contributed by atoms with van der Waals surface area (Å²) in [7, 11) is -0.797. The van der Waals surface area contributed by atoms with Gasteiger partial charge in [0, 0.05) is 0 Å². The number of hydrogen-bond acceptors (Lipinski definition) is 6. The molecule has 2 amide bonds. The van der Waals surface area contributed by atoms with Crippen LogP contribution in [-0.2, 0) is 25.3 Å². The lowest BCUT2D eigenvalue weighted by Crippen LogP contribution is -2.45. The highest BCUT2D eigenvalue weighted by Crippen LogP contribution is 2.36. The van der Waals surface area contributed by atoms with Gasteiger partial charge in [0.05, 0.1) is 17.7 Å². The zero-order valence-corrected chi connectivity index (χ0v) is 20.8. The van der Waals surface area contributed by atoms with Crippen molar-refractivity contribution in [3.63, 3.8) is 0 Å². The molecule has 0 atom stereocenters.